The second kappa shape index (κ2) is 6.98. The Morgan fingerprint density at radius 2 is 1.73 bits per heavy atom. The molecule has 0 amide bonds. The van der Waals surface area contributed by atoms with Crippen molar-refractivity contribution in [3.8, 4) is 17.2 Å². The number of carbonyl (C=O) groups excluding carboxylic acids is 1. The van der Waals surface area contributed by atoms with Crippen LogP contribution in [0.25, 0.3) is 0 Å². The van der Waals surface area contributed by atoms with Crippen LogP contribution in [0.3, 0.4) is 0 Å². The molecule has 0 bridgehead atoms. The normalized spacial score (nSPS) is 10.7. The van der Waals surface area contributed by atoms with Crippen LogP contribution in [0, 0.1) is 5.92 Å². The highest BCUT2D eigenvalue weighted by molar-refractivity contribution is 6.00. The highest BCUT2D eigenvalue weighted by atomic mass is 16.5. The van der Waals surface area contributed by atoms with E-state index in [9.17, 15) is 15.0 Å². The molecule has 2 N–H and O–H groups in total. The van der Waals surface area contributed by atoms with Crippen molar-refractivity contribution >= 4 is 5.78 Å². The van der Waals surface area contributed by atoms with Crippen molar-refractivity contribution < 1.29 is 19.7 Å². The van der Waals surface area contributed by atoms with Gasteiger partial charge in [-0.3, -0.25) is 4.79 Å². The minimum Gasteiger partial charge on any atom is -0.504 e. The number of benzene rings is 2. The lowest BCUT2D eigenvalue weighted by Crippen LogP contribution is -2.07. The predicted molar refractivity (Wildman–Crippen MR) is 84.6 cm³/mol. The molecule has 4 heteroatoms. The van der Waals surface area contributed by atoms with Crippen molar-refractivity contribution in [2.75, 3.05) is 6.61 Å². The molecular formula is C18H20O4. The third-order valence-corrected chi connectivity index (χ3v) is 3.19. The minimum atomic E-state index is -0.429. The zero-order valence-corrected chi connectivity index (χ0v) is 12.7. The molecule has 2 aromatic carbocycles. The van der Waals surface area contributed by atoms with Gasteiger partial charge in [-0.1, -0.05) is 44.2 Å². The van der Waals surface area contributed by atoms with Crippen LogP contribution in [0.4, 0.5) is 0 Å². The molecule has 0 atom stereocenters. The number of ether oxygens (including phenoxy) is 1. The van der Waals surface area contributed by atoms with E-state index in [0.717, 1.165) is 5.56 Å². The summed E-state index contributed by atoms with van der Waals surface area (Å²) in [4.78, 5) is 12.3. The highest BCUT2D eigenvalue weighted by Gasteiger charge is 2.18. The Hall–Kier alpha value is -2.49. The number of hydrogen-bond donors (Lipinski definition) is 2. The molecule has 2 rings (SSSR count). The molecule has 0 aliphatic carbocycles. The molecule has 22 heavy (non-hydrogen) atoms. The summed E-state index contributed by atoms with van der Waals surface area (Å²) in [5, 5.41) is 20.0. The number of carbonyl (C=O) groups is 1. The molecular weight excluding hydrogens is 280 g/mol. The molecule has 4 nitrogen and oxygen atoms in total. The van der Waals surface area contributed by atoms with Crippen LogP contribution in [-0.4, -0.2) is 22.6 Å². The maximum absolute atomic E-state index is 12.3. The van der Waals surface area contributed by atoms with Gasteiger partial charge in [0, 0.05) is 6.42 Å². The Morgan fingerprint density at radius 1 is 1.05 bits per heavy atom. The van der Waals surface area contributed by atoms with Gasteiger partial charge >= 0.3 is 0 Å². The van der Waals surface area contributed by atoms with Gasteiger partial charge < -0.3 is 14.9 Å². The molecule has 0 unspecified atom stereocenters. The number of rotatable bonds is 6. The maximum atomic E-state index is 12.3. The molecule has 2 aromatic rings. The first-order chi connectivity index (χ1) is 10.5. The lowest BCUT2D eigenvalue weighted by molar-refractivity contribution is 0.0989. The number of phenolic OH excluding ortho intramolecular Hbond substituents is 2. The monoisotopic (exact) mass is 300 g/mol. The smallest absolute Gasteiger partial charge is 0.201 e. The van der Waals surface area contributed by atoms with Crippen LogP contribution in [0.5, 0.6) is 17.2 Å². The summed E-state index contributed by atoms with van der Waals surface area (Å²) in [6.45, 7) is 4.38. The second-order valence-electron chi connectivity index (χ2n) is 5.60. The standard InChI is InChI=1S/C18H20O4/c1-12(2)11-22-16-9-8-14(17(20)18(16)21)15(19)10-13-6-4-3-5-7-13/h3-9,12,20-21H,10-11H2,1-2H3. The Kier molecular flexibility index (Phi) is 5.04. The van der Waals surface area contributed by atoms with E-state index in [2.05, 4.69) is 0 Å². The zero-order valence-electron chi connectivity index (χ0n) is 12.7. The van der Waals surface area contributed by atoms with E-state index < -0.39 is 5.75 Å². The average molecular weight is 300 g/mol. The minimum absolute atomic E-state index is 0.0956. The largest absolute Gasteiger partial charge is 0.504 e. The summed E-state index contributed by atoms with van der Waals surface area (Å²) in [6, 6.07) is 12.2. The van der Waals surface area contributed by atoms with E-state index in [1.807, 2.05) is 44.2 Å². The van der Waals surface area contributed by atoms with Crippen LogP contribution < -0.4 is 4.74 Å². The Morgan fingerprint density at radius 3 is 2.36 bits per heavy atom. The third-order valence-electron chi connectivity index (χ3n) is 3.19. The van der Waals surface area contributed by atoms with Gasteiger partial charge in [0.2, 0.25) is 5.75 Å². The van der Waals surface area contributed by atoms with Gasteiger partial charge in [-0.25, -0.2) is 0 Å². The molecule has 0 spiro atoms. The number of Topliss-reactive ketones (excluding diaryl/α,β-unsaturated/α-hetero) is 1. The Bertz CT molecular complexity index is 648. The summed E-state index contributed by atoms with van der Waals surface area (Å²) in [7, 11) is 0. The van der Waals surface area contributed by atoms with Crippen molar-refractivity contribution in [3.05, 3.63) is 53.6 Å². The van der Waals surface area contributed by atoms with Gasteiger partial charge in [-0.05, 0) is 23.6 Å². The van der Waals surface area contributed by atoms with Gasteiger partial charge in [0.05, 0.1) is 12.2 Å². The van der Waals surface area contributed by atoms with E-state index in [1.165, 1.54) is 12.1 Å². The van der Waals surface area contributed by atoms with Gasteiger partial charge in [0.15, 0.2) is 17.3 Å². The maximum Gasteiger partial charge on any atom is 0.201 e. The van der Waals surface area contributed by atoms with Crippen molar-refractivity contribution in [1.29, 1.82) is 0 Å². The topological polar surface area (TPSA) is 66.8 Å². The fourth-order valence-corrected chi connectivity index (χ4v) is 2.04. The molecule has 0 aliphatic heterocycles. The molecule has 0 heterocycles. The number of ketones is 1. The number of phenols is 2. The fraction of sp³-hybridized carbons (Fsp3) is 0.278. The van der Waals surface area contributed by atoms with Crippen molar-refractivity contribution in [1.82, 2.24) is 0 Å². The number of aromatic hydroxyl groups is 2. The zero-order chi connectivity index (χ0) is 16.1. The second-order valence-corrected chi connectivity index (χ2v) is 5.60. The Labute approximate surface area is 130 Å². The van der Waals surface area contributed by atoms with Crippen molar-refractivity contribution in [3.63, 3.8) is 0 Å². The van der Waals surface area contributed by atoms with E-state index in [4.69, 9.17) is 4.74 Å². The van der Waals surface area contributed by atoms with E-state index in [-0.39, 0.29) is 29.3 Å². The summed E-state index contributed by atoms with van der Waals surface area (Å²) in [5.74, 6) is -0.598. The quantitative estimate of drug-likeness (QED) is 0.632. The number of hydrogen-bond acceptors (Lipinski definition) is 4. The molecule has 0 aromatic heterocycles. The van der Waals surface area contributed by atoms with Gasteiger partial charge in [-0.15, -0.1) is 0 Å². The fourth-order valence-electron chi connectivity index (χ4n) is 2.04. The van der Waals surface area contributed by atoms with Crippen LogP contribution in [0.15, 0.2) is 42.5 Å². The summed E-state index contributed by atoms with van der Waals surface area (Å²) < 4.78 is 5.41. The lowest BCUT2D eigenvalue weighted by Gasteiger charge is -2.13. The first kappa shape index (κ1) is 15.9. The molecule has 0 aliphatic rings. The molecule has 0 saturated carbocycles. The molecule has 0 saturated heterocycles. The van der Waals surface area contributed by atoms with Gasteiger partial charge in [-0.2, -0.15) is 0 Å². The first-order valence-electron chi connectivity index (χ1n) is 7.24. The summed E-state index contributed by atoms with van der Waals surface area (Å²) >= 11 is 0. The molecule has 0 fully saturated rings. The van der Waals surface area contributed by atoms with Gasteiger partial charge in [0.25, 0.3) is 0 Å². The first-order valence-corrected chi connectivity index (χ1v) is 7.24. The van der Waals surface area contributed by atoms with E-state index in [1.54, 1.807) is 0 Å². The highest BCUT2D eigenvalue weighted by Crippen LogP contribution is 2.38. The van der Waals surface area contributed by atoms with Crippen LogP contribution in [-0.2, 0) is 6.42 Å². The lowest BCUT2D eigenvalue weighted by atomic mass is 10.0. The van der Waals surface area contributed by atoms with E-state index in [0.29, 0.717) is 12.5 Å². The average Bonchev–Trinajstić information content (AvgIpc) is 2.49. The SMILES string of the molecule is CC(C)COc1ccc(C(=O)Cc2ccccc2)c(O)c1O. The van der Waals surface area contributed by atoms with Crippen LogP contribution >= 0.6 is 0 Å². The molecule has 116 valence electrons. The Balaban J connectivity index is 2.18. The van der Waals surface area contributed by atoms with E-state index >= 15 is 0 Å². The van der Waals surface area contributed by atoms with Crippen LogP contribution in [0.2, 0.25) is 0 Å². The third kappa shape index (κ3) is 3.79. The van der Waals surface area contributed by atoms with Crippen molar-refractivity contribution in [2.45, 2.75) is 20.3 Å². The van der Waals surface area contributed by atoms with Crippen LogP contribution in [0.1, 0.15) is 29.8 Å². The van der Waals surface area contributed by atoms with Gasteiger partial charge in [0.1, 0.15) is 0 Å². The summed E-state index contributed by atoms with van der Waals surface area (Å²) in [6.07, 6.45) is 0.167. The summed E-state index contributed by atoms with van der Waals surface area (Å²) in [5.41, 5.74) is 0.949. The predicted octanol–water partition coefficient (Wildman–Crippen LogP) is 3.56. The van der Waals surface area contributed by atoms with Crippen molar-refractivity contribution in [2.24, 2.45) is 5.92 Å². The molecule has 0 radical (unpaired) electrons.